The fourth-order valence-electron chi connectivity index (χ4n) is 3.49. The molecule has 0 atom stereocenters. The van der Waals surface area contributed by atoms with Gasteiger partial charge in [0, 0.05) is 21.9 Å². The molecule has 27 heavy (non-hydrogen) atoms. The van der Waals surface area contributed by atoms with Gasteiger partial charge in [-0.15, -0.1) is 0 Å². The highest BCUT2D eigenvalue weighted by Gasteiger charge is 2.38. The molecule has 0 fully saturated rings. The molecule has 1 aliphatic carbocycles. The number of hydrogen-bond donors (Lipinski definition) is 1. The Labute approximate surface area is 159 Å². The van der Waals surface area contributed by atoms with Crippen LogP contribution in [-0.2, 0) is 4.74 Å². The zero-order valence-electron chi connectivity index (χ0n) is 14.2. The lowest BCUT2D eigenvalue weighted by atomic mass is 9.79. The zero-order chi connectivity index (χ0) is 19.3. The van der Waals surface area contributed by atoms with Crippen LogP contribution in [0, 0.1) is 0 Å². The molecule has 3 aromatic carbocycles. The second kappa shape index (κ2) is 6.21. The number of phenolic OH excluding ortho intramolecular Hbond substituents is 1. The van der Waals surface area contributed by atoms with E-state index >= 15 is 0 Å². The molecule has 6 heteroatoms. The van der Waals surface area contributed by atoms with E-state index in [1.165, 1.54) is 18.2 Å². The van der Waals surface area contributed by atoms with Gasteiger partial charge in [-0.05, 0) is 13.0 Å². The van der Waals surface area contributed by atoms with Gasteiger partial charge in [0.2, 0.25) is 0 Å². The molecule has 5 nitrogen and oxygen atoms in total. The normalized spacial score (nSPS) is 12.7. The summed E-state index contributed by atoms with van der Waals surface area (Å²) < 4.78 is 5.13. The Kier molecular flexibility index (Phi) is 3.97. The summed E-state index contributed by atoms with van der Waals surface area (Å²) in [5.74, 6) is -2.21. The first kappa shape index (κ1) is 17.2. The third-order valence-electron chi connectivity index (χ3n) is 4.61. The highest BCUT2D eigenvalue weighted by molar-refractivity contribution is 6.39. The molecule has 0 aliphatic heterocycles. The van der Waals surface area contributed by atoms with Crippen LogP contribution in [0.15, 0.2) is 42.5 Å². The van der Waals surface area contributed by atoms with E-state index in [9.17, 15) is 19.5 Å². The lowest BCUT2D eigenvalue weighted by molar-refractivity contribution is 0.0526. The Balaban J connectivity index is 2.20. The summed E-state index contributed by atoms with van der Waals surface area (Å²) in [6.07, 6.45) is 0. The van der Waals surface area contributed by atoms with Crippen LogP contribution in [0.3, 0.4) is 0 Å². The Morgan fingerprint density at radius 1 is 1.00 bits per heavy atom. The van der Waals surface area contributed by atoms with Gasteiger partial charge in [0.1, 0.15) is 5.75 Å². The minimum absolute atomic E-state index is 0.0602. The lowest BCUT2D eigenvalue weighted by Crippen LogP contribution is -2.25. The molecule has 1 aliphatic rings. The van der Waals surface area contributed by atoms with E-state index in [1.54, 1.807) is 31.2 Å². The van der Waals surface area contributed by atoms with Gasteiger partial charge in [0.25, 0.3) is 0 Å². The van der Waals surface area contributed by atoms with E-state index in [1.807, 2.05) is 0 Å². The first-order valence-electron chi connectivity index (χ1n) is 8.30. The van der Waals surface area contributed by atoms with Crippen LogP contribution in [0.25, 0.3) is 10.8 Å². The SMILES string of the molecule is CCOC(=O)c1c2c(c(O)c3c(Cl)cccc13)C(=O)c1ccccc1C2=O. The van der Waals surface area contributed by atoms with Gasteiger partial charge in [0.15, 0.2) is 11.6 Å². The van der Waals surface area contributed by atoms with Crippen molar-refractivity contribution in [2.24, 2.45) is 0 Å². The van der Waals surface area contributed by atoms with Crippen molar-refractivity contribution in [1.29, 1.82) is 0 Å². The molecule has 0 saturated heterocycles. The van der Waals surface area contributed by atoms with Crippen LogP contribution in [0.5, 0.6) is 5.75 Å². The third kappa shape index (κ3) is 2.35. The second-order valence-corrected chi connectivity index (χ2v) is 6.47. The molecule has 0 bridgehead atoms. The molecular formula is C21H13ClO5. The van der Waals surface area contributed by atoms with Crippen LogP contribution in [0.4, 0.5) is 0 Å². The molecule has 0 amide bonds. The summed E-state index contributed by atoms with van der Waals surface area (Å²) in [7, 11) is 0. The second-order valence-electron chi connectivity index (χ2n) is 6.06. The van der Waals surface area contributed by atoms with Crippen LogP contribution in [0.1, 0.15) is 49.1 Å². The summed E-state index contributed by atoms with van der Waals surface area (Å²) in [4.78, 5) is 38.9. The number of ether oxygens (including phenoxy) is 1. The highest BCUT2D eigenvalue weighted by atomic mass is 35.5. The summed E-state index contributed by atoms with van der Waals surface area (Å²) >= 11 is 6.23. The van der Waals surface area contributed by atoms with Gasteiger partial charge >= 0.3 is 5.97 Å². The summed E-state index contributed by atoms with van der Waals surface area (Å²) in [5.41, 5.74) is -0.0744. The van der Waals surface area contributed by atoms with Crippen LogP contribution in [-0.4, -0.2) is 29.2 Å². The summed E-state index contributed by atoms with van der Waals surface area (Å²) in [6.45, 7) is 1.73. The number of carbonyl (C=O) groups excluding carboxylic acids is 3. The van der Waals surface area contributed by atoms with E-state index < -0.39 is 23.3 Å². The molecule has 0 spiro atoms. The van der Waals surface area contributed by atoms with E-state index in [0.717, 1.165) is 0 Å². The average Bonchev–Trinajstić information content (AvgIpc) is 2.66. The maximum Gasteiger partial charge on any atom is 0.339 e. The Morgan fingerprint density at radius 3 is 2.26 bits per heavy atom. The first-order chi connectivity index (χ1) is 13.0. The molecule has 0 radical (unpaired) electrons. The maximum absolute atomic E-state index is 13.2. The van der Waals surface area contributed by atoms with Crippen molar-refractivity contribution in [2.75, 3.05) is 6.61 Å². The minimum Gasteiger partial charge on any atom is -0.506 e. The van der Waals surface area contributed by atoms with Gasteiger partial charge in [-0.3, -0.25) is 9.59 Å². The summed E-state index contributed by atoms with van der Waals surface area (Å²) in [5, 5.41) is 11.4. The number of rotatable bonds is 2. The Morgan fingerprint density at radius 2 is 1.63 bits per heavy atom. The van der Waals surface area contributed by atoms with Gasteiger partial charge in [0.05, 0.1) is 28.3 Å². The topological polar surface area (TPSA) is 80.7 Å². The van der Waals surface area contributed by atoms with Crippen molar-refractivity contribution >= 4 is 39.9 Å². The van der Waals surface area contributed by atoms with Crippen molar-refractivity contribution in [1.82, 2.24) is 0 Å². The summed E-state index contributed by atoms with van der Waals surface area (Å²) in [6, 6.07) is 11.0. The monoisotopic (exact) mass is 380 g/mol. The molecule has 0 heterocycles. The third-order valence-corrected chi connectivity index (χ3v) is 4.92. The molecule has 0 aromatic heterocycles. The van der Waals surface area contributed by atoms with Crippen LogP contribution in [0.2, 0.25) is 5.02 Å². The Bertz CT molecular complexity index is 1160. The molecule has 1 N–H and O–H groups in total. The van der Waals surface area contributed by atoms with Gasteiger partial charge in [-0.1, -0.05) is 48.0 Å². The van der Waals surface area contributed by atoms with Crippen molar-refractivity contribution in [3.63, 3.8) is 0 Å². The number of halogens is 1. The standard InChI is InChI=1S/C21H13ClO5/c1-2-27-21(26)15-12-8-5-9-13(22)14(12)20(25)17-16(15)18(23)10-6-3-4-7-11(10)19(17)24/h3-9,25H,2H2,1H3. The van der Waals surface area contributed by atoms with Gasteiger partial charge in [-0.2, -0.15) is 0 Å². The highest BCUT2D eigenvalue weighted by Crippen LogP contribution is 2.43. The lowest BCUT2D eigenvalue weighted by Gasteiger charge is -2.22. The van der Waals surface area contributed by atoms with E-state index in [4.69, 9.17) is 16.3 Å². The molecule has 3 aromatic rings. The number of esters is 1. The minimum atomic E-state index is -0.749. The largest absolute Gasteiger partial charge is 0.506 e. The van der Waals surface area contributed by atoms with Crippen LogP contribution >= 0.6 is 11.6 Å². The molecule has 0 unspecified atom stereocenters. The fraction of sp³-hybridized carbons (Fsp3) is 0.0952. The maximum atomic E-state index is 13.2. The number of phenols is 1. The van der Waals surface area contributed by atoms with Crippen molar-refractivity contribution in [3.05, 3.63) is 75.3 Å². The average molecular weight is 381 g/mol. The van der Waals surface area contributed by atoms with Crippen molar-refractivity contribution in [2.45, 2.75) is 6.92 Å². The van der Waals surface area contributed by atoms with Gasteiger partial charge < -0.3 is 9.84 Å². The Hall–Kier alpha value is -3.18. The number of benzene rings is 3. The quantitative estimate of drug-likeness (QED) is 0.528. The van der Waals surface area contributed by atoms with E-state index in [-0.39, 0.29) is 50.2 Å². The number of carbonyl (C=O) groups is 3. The smallest absolute Gasteiger partial charge is 0.339 e. The molecule has 134 valence electrons. The number of hydrogen-bond acceptors (Lipinski definition) is 5. The number of ketones is 2. The molecular weight excluding hydrogens is 368 g/mol. The molecule has 0 saturated carbocycles. The number of aromatic hydroxyl groups is 1. The van der Waals surface area contributed by atoms with Crippen molar-refractivity contribution in [3.8, 4) is 5.75 Å². The zero-order valence-corrected chi connectivity index (χ0v) is 15.0. The fourth-order valence-corrected chi connectivity index (χ4v) is 3.75. The van der Waals surface area contributed by atoms with Gasteiger partial charge in [-0.25, -0.2) is 4.79 Å². The molecule has 4 rings (SSSR count). The van der Waals surface area contributed by atoms with E-state index in [2.05, 4.69) is 0 Å². The number of fused-ring (bicyclic) bond motifs is 3. The van der Waals surface area contributed by atoms with Crippen molar-refractivity contribution < 1.29 is 24.2 Å². The predicted octanol–water partition coefficient (Wildman–Crippen LogP) is 4.15. The predicted molar refractivity (Wildman–Crippen MR) is 99.9 cm³/mol. The van der Waals surface area contributed by atoms with E-state index in [0.29, 0.717) is 0 Å². The first-order valence-corrected chi connectivity index (χ1v) is 8.67. The van der Waals surface area contributed by atoms with Crippen LogP contribution < -0.4 is 0 Å².